The maximum Gasteiger partial charge on any atom is 0.345 e. The van der Waals surface area contributed by atoms with E-state index >= 15 is 0 Å². The SMILES string of the molecule is CCOC(=O)/C=C1\SCC(=O)N1CCOC(=O)c1cc(Cl)ccc1[N+](=O)[O-]. The Morgan fingerprint density at radius 3 is 2.81 bits per heavy atom. The van der Waals surface area contributed by atoms with Gasteiger partial charge in [-0.15, -0.1) is 0 Å². The van der Waals surface area contributed by atoms with E-state index < -0.39 is 22.5 Å². The number of hydrogen-bond donors (Lipinski definition) is 0. The first kappa shape index (κ1) is 20.7. The molecule has 0 saturated carbocycles. The molecule has 9 nitrogen and oxygen atoms in total. The molecule has 0 atom stereocenters. The Morgan fingerprint density at radius 1 is 1.41 bits per heavy atom. The molecule has 0 radical (unpaired) electrons. The molecule has 1 aromatic carbocycles. The second kappa shape index (κ2) is 9.38. The molecule has 1 heterocycles. The summed E-state index contributed by atoms with van der Waals surface area (Å²) in [5.74, 6) is -1.61. The van der Waals surface area contributed by atoms with Crippen molar-refractivity contribution in [2.75, 3.05) is 25.5 Å². The van der Waals surface area contributed by atoms with Crippen molar-refractivity contribution in [1.82, 2.24) is 4.90 Å². The van der Waals surface area contributed by atoms with Crippen LogP contribution in [0.4, 0.5) is 5.69 Å². The van der Waals surface area contributed by atoms with Gasteiger partial charge in [0.15, 0.2) is 0 Å². The van der Waals surface area contributed by atoms with Crippen molar-refractivity contribution < 1.29 is 28.8 Å². The Morgan fingerprint density at radius 2 is 2.15 bits per heavy atom. The number of nitro benzene ring substituents is 1. The predicted octanol–water partition coefficient (Wildman–Crippen LogP) is 2.38. The number of benzene rings is 1. The lowest BCUT2D eigenvalue weighted by atomic mass is 10.2. The van der Waals surface area contributed by atoms with E-state index in [1.165, 1.54) is 28.8 Å². The molecule has 1 saturated heterocycles. The summed E-state index contributed by atoms with van der Waals surface area (Å²) in [6, 6.07) is 3.55. The van der Waals surface area contributed by atoms with Crippen LogP contribution in [0.1, 0.15) is 17.3 Å². The fourth-order valence-corrected chi connectivity index (χ4v) is 3.32. The van der Waals surface area contributed by atoms with E-state index in [1.54, 1.807) is 6.92 Å². The number of ether oxygens (including phenoxy) is 2. The highest BCUT2D eigenvalue weighted by molar-refractivity contribution is 8.04. The van der Waals surface area contributed by atoms with Crippen LogP contribution in [0.15, 0.2) is 29.3 Å². The fraction of sp³-hybridized carbons (Fsp3) is 0.312. The number of nitrogens with zero attached hydrogens (tertiary/aromatic N) is 2. The van der Waals surface area contributed by atoms with Crippen molar-refractivity contribution in [3.8, 4) is 0 Å². The van der Waals surface area contributed by atoms with Gasteiger partial charge in [-0.05, 0) is 19.1 Å². The van der Waals surface area contributed by atoms with Gasteiger partial charge in [-0.25, -0.2) is 9.59 Å². The van der Waals surface area contributed by atoms with Crippen molar-refractivity contribution in [3.05, 3.63) is 50.0 Å². The number of amides is 1. The van der Waals surface area contributed by atoms with Gasteiger partial charge in [0.2, 0.25) is 5.91 Å². The molecule has 0 spiro atoms. The summed E-state index contributed by atoms with van der Waals surface area (Å²) >= 11 is 6.94. The first-order valence-corrected chi connectivity index (χ1v) is 9.12. The van der Waals surface area contributed by atoms with Crippen molar-refractivity contribution in [1.29, 1.82) is 0 Å². The third-order valence-corrected chi connectivity index (χ3v) is 4.62. The molecule has 2 rings (SSSR count). The Hall–Kier alpha value is -2.59. The second-order valence-electron chi connectivity index (χ2n) is 5.12. The quantitative estimate of drug-likeness (QED) is 0.289. The van der Waals surface area contributed by atoms with E-state index in [2.05, 4.69) is 0 Å². The third kappa shape index (κ3) is 5.44. The highest BCUT2D eigenvalue weighted by atomic mass is 35.5. The topological polar surface area (TPSA) is 116 Å². The van der Waals surface area contributed by atoms with Gasteiger partial charge in [0, 0.05) is 11.1 Å². The summed E-state index contributed by atoms with van der Waals surface area (Å²) in [5.41, 5.74) is -0.711. The molecule has 1 aliphatic rings. The zero-order valence-corrected chi connectivity index (χ0v) is 15.7. The molecule has 0 aliphatic carbocycles. The molecule has 1 fully saturated rings. The van der Waals surface area contributed by atoms with E-state index in [9.17, 15) is 24.5 Å². The summed E-state index contributed by atoms with van der Waals surface area (Å²) < 4.78 is 9.84. The lowest BCUT2D eigenvalue weighted by Crippen LogP contribution is -2.29. The summed E-state index contributed by atoms with van der Waals surface area (Å²) in [6.45, 7) is 1.65. The molecule has 27 heavy (non-hydrogen) atoms. The average molecular weight is 415 g/mol. The van der Waals surface area contributed by atoms with E-state index in [0.717, 1.165) is 12.1 Å². The maximum atomic E-state index is 12.1. The molecule has 0 N–H and O–H groups in total. The van der Waals surface area contributed by atoms with E-state index in [4.69, 9.17) is 21.1 Å². The van der Waals surface area contributed by atoms with Crippen molar-refractivity contribution in [3.63, 3.8) is 0 Å². The van der Waals surface area contributed by atoms with Gasteiger partial charge in [0.1, 0.15) is 12.2 Å². The zero-order chi connectivity index (χ0) is 20.0. The van der Waals surface area contributed by atoms with Crippen LogP contribution < -0.4 is 0 Å². The molecule has 1 aromatic rings. The lowest BCUT2D eigenvalue weighted by Gasteiger charge is -2.16. The largest absolute Gasteiger partial charge is 0.463 e. The van der Waals surface area contributed by atoms with E-state index in [1.807, 2.05) is 0 Å². The number of carbonyl (C=O) groups excluding carboxylic acids is 3. The highest BCUT2D eigenvalue weighted by Crippen LogP contribution is 2.28. The standard InChI is InChI=1S/C16H15ClN2O7S/c1-2-25-15(21)8-14-18(13(20)9-27-14)5-6-26-16(22)11-7-10(17)3-4-12(11)19(23)24/h3-4,7-8H,2,5-6,9H2,1H3/b14-8-. The van der Waals surface area contributed by atoms with Gasteiger partial charge >= 0.3 is 11.9 Å². The van der Waals surface area contributed by atoms with Gasteiger partial charge < -0.3 is 14.4 Å². The zero-order valence-electron chi connectivity index (χ0n) is 14.2. The van der Waals surface area contributed by atoms with Crippen LogP contribution in [-0.2, 0) is 19.1 Å². The number of hydrogen-bond acceptors (Lipinski definition) is 8. The number of thioether (sulfide) groups is 1. The van der Waals surface area contributed by atoms with Crippen LogP contribution >= 0.6 is 23.4 Å². The van der Waals surface area contributed by atoms with Crippen LogP contribution in [-0.4, -0.2) is 53.2 Å². The summed E-state index contributed by atoms with van der Waals surface area (Å²) in [4.78, 5) is 47.2. The molecule has 0 aromatic heterocycles. The van der Waals surface area contributed by atoms with Crippen LogP contribution in [0, 0.1) is 10.1 Å². The molecular formula is C16H15ClN2O7S. The Bertz CT molecular complexity index is 812. The maximum absolute atomic E-state index is 12.1. The number of rotatable bonds is 7. The molecule has 11 heteroatoms. The van der Waals surface area contributed by atoms with Crippen LogP contribution in [0.2, 0.25) is 5.02 Å². The number of nitro groups is 1. The van der Waals surface area contributed by atoms with Crippen molar-refractivity contribution in [2.24, 2.45) is 0 Å². The predicted molar refractivity (Wildman–Crippen MR) is 97.3 cm³/mol. The number of halogens is 1. The summed E-state index contributed by atoms with van der Waals surface area (Å²) in [5, 5.41) is 11.6. The minimum absolute atomic E-state index is 0.00280. The van der Waals surface area contributed by atoms with Crippen molar-refractivity contribution in [2.45, 2.75) is 6.92 Å². The molecule has 144 valence electrons. The Kier molecular flexibility index (Phi) is 7.19. The Balaban J connectivity index is 2.02. The number of carbonyl (C=O) groups is 3. The minimum atomic E-state index is -0.931. The second-order valence-corrected chi connectivity index (χ2v) is 6.56. The average Bonchev–Trinajstić information content (AvgIpc) is 2.94. The van der Waals surface area contributed by atoms with Crippen LogP contribution in [0.3, 0.4) is 0 Å². The molecule has 1 aliphatic heterocycles. The third-order valence-electron chi connectivity index (χ3n) is 3.36. The first-order valence-electron chi connectivity index (χ1n) is 7.76. The normalized spacial score (nSPS) is 15.1. The van der Waals surface area contributed by atoms with Gasteiger partial charge in [-0.3, -0.25) is 14.9 Å². The van der Waals surface area contributed by atoms with E-state index in [0.29, 0.717) is 5.03 Å². The van der Waals surface area contributed by atoms with E-state index in [-0.39, 0.29) is 42.0 Å². The molecule has 1 amide bonds. The molecular weight excluding hydrogens is 400 g/mol. The summed E-state index contributed by atoms with van der Waals surface area (Å²) in [6.07, 6.45) is 1.20. The highest BCUT2D eigenvalue weighted by Gasteiger charge is 2.28. The fourth-order valence-electron chi connectivity index (χ4n) is 2.19. The number of esters is 2. The van der Waals surface area contributed by atoms with Crippen molar-refractivity contribution >= 4 is 46.9 Å². The van der Waals surface area contributed by atoms with Crippen LogP contribution in [0.5, 0.6) is 0 Å². The van der Waals surface area contributed by atoms with Gasteiger partial charge in [-0.1, -0.05) is 23.4 Å². The molecule has 0 bridgehead atoms. The smallest absolute Gasteiger partial charge is 0.345 e. The van der Waals surface area contributed by atoms with Crippen LogP contribution in [0.25, 0.3) is 0 Å². The van der Waals surface area contributed by atoms with Gasteiger partial charge in [-0.2, -0.15) is 0 Å². The van der Waals surface area contributed by atoms with Gasteiger partial charge in [0.25, 0.3) is 5.69 Å². The lowest BCUT2D eigenvalue weighted by molar-refractivity contribution is -0.385. The summed E-state index contributed by atoms with van der Waals surface area (Å²) in [7, 11) is 0. The monoisotopic (exact) mass is 414 g/mol. The minimum Gasteiger partial charge on any atom is -0.463 e. The molecule has 0 unspecified atom stereocenters. The Labute approximate surface area is 163 Å². The van der Waals surface area contributed by atoms with Gasteiger partial charge in [0.05, 0.1) is 34.9 Å². The first-order chi connectivity index (χ1) is 12.8.